The number of aryl methyl sites for hydroxylation is 2. The molecule has 286 valence electrons. The molecule has 4 N–H and O–H groups in total. The van der Waals surface area contributed by atoms with Gasteiger partial charge in [-0.3, -0.25) is 4.79 Å². The van der Waals surface area contributed by atoms with Gasteiger partial charge in [0, 0.05) is 39.7 Å². The second kappa shape index (κ2) is 16.0. The molecule has 3 atom stereocenters. The molecule has 8 aromatic rings. The number of hydrogen-bond donors (Lipinski definition) is 4. The number of nitrogens with one attached hydrogen (secondary N) is 4. The highest BCUT2D eigenvalue weighted by Crippen LogP contribution is 2.39. The number of aromatic nitrogens is 4. The van der Waals surface area contributed by atoms with Crippen LogP contribution in [0.3, 0.4) is 0 Å². The summed E-state index contributed by atoms with van der Waals surface area (Å²) in [5.41, 5.74) is 14.9. The number of H-pyrrole nitrogens is 4. The number of hydrogen-bond acceptors (Lipinski definition) is 1. The number of carbonyl (C=O) groups excluding carboxylic acids is 1. The molecule has 8 rings (SSSR count). The van der Waals surface area contributed by atoms with Crippen molar-refractivity contribution in [1.29, 1.82) is 0 Å². The summed E-state index contributed by atoms with van der Waals surface area (Å²) < 4.78 is 0.952. The van der Waals surface area contributed by atoms with E-state index in [0.717, 1.165) is 50.8 Å². The summed E-state index contributed by atoms with van der Waals surface area (Å²) in [4.78, 5) is 28.6. The van der Waals surface area contributed by atoms with Gasteiger partial charge < -0.3 is 19.9 Å². The fraction of sp³-hybridized carbons (Fsp3) is 0.196. The van der Waals surface area contributed by atoms with Crippen LogP contribution in [0.25, 0.3) is 0 Å². The Hall–Kier alpha value is -5.85. The second-order valence-corrected chi connectivity index (χ2v) is 17.1. The lowest BCUT2D eigenvalue weighted by Gasteiger charge is -2.22. The van der Waals surface area contributed by atoms with E-state index in [0.29, 0.717) is 11.3 Å². The van der Waals surface area contributed by atoms with Gasteiger partial charge in [0.1, 0.15) is 0 Å². The van der Waals surface area contributed by atoms with Gasteiger partial charge in [-0.2, -0.15) is 0 Å². The third-order valence-corrected chi connectivity index (χ3v) is 11.7. The van der Waals surface area contributed by atoms with Crippen LogP contribution in [0.1, 0.15) is 129 Å². The average molecular weight is 814 g/mol. The van der Waals surface area contributed by atoms with Gasteiger partial charge in [0.2, 0.25) is 5.78 Å². The van der Waals surface area contributed by atoms with E-state index in [4.69, 9.17) is 0 Å². The Morgan fingerprint density at radius 2 is 0.982 bits per heavy atom. The van der Waals surface area contributed by atoms with Crippen molar-refractivity contribution in [3.63, 3.8) is 0 Å². The summed E-state index contributed by atoms with van der Waals surface area (Å²) in [6.07, 6.45) is 0.935. The topological polar surface area (TPSA) is 80.2 Å². The standard InChI is InChI=1S/C51H49BrN4O/c1-6-33-14-18-37(19-15-33)50(57)45-29-28-43(55-45)49(36-20-22-38(23-21-36)51(3,4)5)42-27-26-41(54-42)48(35-16-12-32(2)13-17-35)40-25-24-39(53-40)47(34-10-8-7-9-11-34)44-30-31-46(52)56-44/h7-31,47-49,53-56H,6H2,1-5H3. The Balaban J connectivity index is 1.20. The molecule has 4 aromatic carbocycles. The Bertz CT molecular complexity index is 2580. The summed E-state index contributed by atoms with van der Waals surface area (Å²) in [6, 6.07) is 53.4. The maximum absolute atomic E-state index is 13.7. The molecule has 3 unspecified atom stereocenters. The SMILES string of the molecule is CCc1ccc(C(=O)c2ccc(C(c3ccc(C(C)(C)C)cc3)c3ccc(C(c4ccc(C)cc4)c4ccc(C(c5ccccc5)c5ccc(Br)[nH]5)[nH]4)[nH]3)[nH]2)cc1. The maximum atomic E-state index is 13.7. The first kappa shape index (κ1) is 38.0. The minimum absolute atomic E-state index is 0.000984. The van der Waals surface area contributed by atoms with Crippen LogP contribution in [-0.4, -0.2) is 25.7 Å². The molecule has 0 aliphatic heterocycles. The highest BCUT2D eigenvalue weighted by Gasteiger charge is 2.28. The largest absolute Gasteiger partial charge is 0.361 e. The predicted octanol–water partition coefficient (Wildman–Crippen LogP) is 12.7. The average Bonchev–Trinajstić information content (AvgIpc) is 4.06. The third kappa shape index (κ3) is 8.05. The Labute approximate surface area is 344 Å². The van der Waals surface area contributed by atoms with Crippen LogP contribution < -0.4 is 0 Å². The van der Waals surface area contributed by atoms with Crippen molar-refractivity contribution < 1.29 is 4.79 Å². The zero-order valence-electron chi connectivity index (χ0n) is 33.2. The molecule has 57 heavy (non-hydrogen) atoms. The van der Waals surface area contributed by atoms with Crippen LogP contribution in [0.5, 0.6) is 0 Å². The summed E-state index contributed by atoms with van der Waals surface area (Å²) in [5, 5.41) is 0. The first-order valence-corrected chi connectivity index (χ1v) is 20.6. The summed E-state index contributed by atoms with van der Waals surface area (Å²) in [5.74, 6) is -0.265. The van der Waals surface area contributed by atoms with Crippen LogP contribution in [-0.2, 0) is 11.8 Å². The molecule has 0 aliphatic rings. The van der Waals surface area contributed by atoms with Crippen LogP contribution in [0.2, 0.25) is 0 Å². The van der Waals surface area contributed by atoms with Gasteiger partial charge in [0.05, 0.1) is 28.1 Å². The van der Waals surface area contributed by atoms with E-state index >= 15 is 0 Å². The Morgan fingerprint density at radius 1 is 0.526 bits per heavy atom. The molecule has 0 aliphatic carbocycles. The van der Waals surface area contributed by atoms with Crippen molar-refractivity contribution in [2.75, 3.05) is 0 Å². The molecule has 0 amide bonds. The van der Waals surface area contributed by atoms with Crippen LogP contribution >= 0.6 is 15.9 Å². The van der Waals surface area contributed by atoms with E-state index in [1.54, 1.807) is 0 Å². The minimum atomic E-state index is -0.163. The van der Waals surface area contributed by atoms with E-state index in [-0.39, 0.29) is 29.0 Å². The van der Waals surface area contributed by atoms with E-state index in [1.807, 2.05) is 30.3 Å². The zero-order chi connectivity index (χ0) is 39.7. The van der Waals surface area contributed by atoms with Crippen molar-refractivity contribution in [3.05, 3.63) is 235 Å². The predicted molar refractivity (Wildman–Crippen MR) is 236 cm³/mol. The summed E-state index contributed by atoms with van der Waals surface area (Å²) >= 11 is 3.64. The number of aromatic amines is 4. The molecule has 0 saturated carbocycles. The van der Waals surface area contributed by atoms with Crippen LogP contribution in [0, 0.1) is 6.92 Å². The molecule has 0 saturated heterocycles. The number of carbonyl (C=O) groups is 1. The monoisotopic (exact) mass is 812 g/mol. The molecule has 6 heteroatoms. The lowest BCUT2D eigenvalue weighted by molar-refractivity contribution is 0.103. The fourth-order valence-corrected chi connectivity index (χ4v) is 8.37. The lowest BCUT2D eigenvalue weighted by atomic mass is 9.84. The van der Waals surface area contributed by atoms with E-state index < -0.39 is 0 Å². The number of ketones is 1. The molecule has 4 heterocycles. The molecule has 4 aromatic heterocycles. The first-order valence-electron chi connectivity index (χ1n) is 19.8. The lowest BCUT2D eigenvalue weighted by Crippen LogP contribution is -2.12. The third-order valence-electron chi connectivity index (χ3n) is 11.2. The molecular formula is C51H49BrN4O. The Kier molecular flexibility index (Phi) is 10.6. The summed E-state index contributed by atoms with van der Waals surface area (Å²) in [7, 11) is 0. The number of halogens is 1. The van der Waals surface area contributed by atoms with E-state index in [1.165, 1.54) is 27.8 Å². The van der Waals surface area contributed by atoms with Crippen molar-refractivity contribution >= 4 is 21.7 Å². The van der Waals surface area contributed by atoms with Gasteiger partial charge in [-0.05, 0) is 111 Å². The van der Waals surface area contributed by atoms with Gasteiger partial charge in [0.25, 0.3) is 0 Å². The van der Waals surface area contributed by atoms with Crippen LogP contribution in [0.15, 0.2) is 156 Å². The second-order valence-electron chi connectivity index (χ2n) is 16.2. The number of rotatable bonds is 12. The Morgan fingerprint density at radius 3 is 1.47 bits per heavy atom. The highest BCUT2D eigenvalue weighted by molar-refractivity contribution is 9.10. The molecular weight excluding hydrogens is 764 g/mol. The normalized spacial score (nSPS) is 13.4. The van der Waals surface area contributed by atoms with Gasteiger partial charge >= 0.3 is 0 Å². The molecule has 5 nitrogen and oxygen atoms in total. The first-order chi connectivity index (χ1) is 27.6. The van der Waals surface area contributed by atoms with Gasteiger partial charge in [0.15, 0.2) is 0 Å². The molecule has 0 fully saturated rings. The van der Waals surface area contributed by atoms with Crippen molar-refractivity contribution in [2.24, 2.45) is 0 Å². The van der Waals surface area contributed by atoms with Crippen molar-refractivity contribution in [1.82, 2.24) is 19.9 Å². The van der Waals surface area contributed by atoms with Gasteiger partial charge in [-0.15, -0.1) is 0 Å². The minimum Gasteiger partial charge on any atom is -0.361 e. The van der Waals surface area contributed by atoms with Crippen molar-refractivity contribution in [2.45, 2.75) is 64.2 Å². The fourth-order valence-electron chi connectivity index (χ4n) is 8.01. The molecule has 0 radical (unpaired) electrons. The van der Waals surface area contributed by atoms with E-state index in [2.05, 4.69) is 192 Å². The van der Waals surface area contributed by atoms with Crippen molar-refractivity contribution in [3.8, 4) is 0 Å². The summed E-state index contributed by atoms with van der Waals surface area (Å²) in [6.45, 7) is 11.0. The van der Waals surface area contributed by atoms with E-state index in [9.17, 15) is 4.79 Å². The maximum Gasteiger partial charge on any atom is 0.209 e. The molecule has 0 bridgehead atoms. The van der Waals surface area contributed by atoms with Gasteiger partial charge in [-0.1, -0.05) is 136 Å². The highest BCUT2D eigenvalue weighted by atomic mass is 79.9. The quantitative estimate of drug-likeness (QED) is 0.0911. The smallest absolute Gasteiger partial charge is 0.209 e. The van der Waals surface area contributed by atoms with Crippen LogP contribution in [0.4, 0.5) is 0 Å². The molecule has 0 spiro atoms. The number of benzene rings is 4. The van der Waals surface area contributed by atoms with Gasteiger partial charge in [-0.25, -0.2) is 0 Å². The zero-order valence-corrected chi connectivity index (χ0v) is 34.7.